The van der Waals surface area contributed by atoms with Gasteiger partial charge in [0.25, 0.3) is 0 Å². The monoisotopic (exact) mass is 315 g/mol. The van der Waals surface area contributed by atoms with Crippen molar-refractivity contribution in [2.24, 2.45) is 5.92 Å². The number of hydrogen-bond donors (Lipinski definition) is 1. The van der Waals surface area contributed by atoms with Crippen molar-refractivity contribution in [2.75, 3.05) is 45.1 Å². The lowest BCUT2D eigenvalue weighted by molar-refractivity contribution is 0.0943. The Bertz CT molecular complexity index is 463. The SMILES string of the molecule is CC(C)C(CNc1nc(Cl)ncc1F)N1CCN(C)CC1. The highest BCUT2D eigenvalue weighted by molar-refractivity contribution is 6.28. The van der Waals surface area contributed by atoms with Crippen LogP contribution in [0.1, 0.15) is 13.8 Å². The molecule has 1 aromatic heterocycles. The topological polar surface area (TPSA) is 44.3 Å². The Morgan fingerprint density at radius 2 is 2.00 bits per heavy atom. The Kier molecular flexibility index (Phi) is 5.72. The molecule has 1 atom stereocenters. The highest BCUT2D eigenvalue weighted by atomic mass is 35.5. The highest BCUT2D eigenvalue weighted by Crippen LogP contribution is 2.16. The van der Waals surface area contributed by atoms with Crippen molar-refractivity contribution >= 4 is 17.4 Å². The van der Waals surface area contributed by atoms with E-state index in [9.17, 15) is 4.39 Å². The molecule has 2 heterocycles. The van der Waals surface area contributed by atoms with E-state index in [2.05, 4.69) is 46.0 Å². The molecule has 0 spiro atoms. The van der Waals surface area contributed by atoms with Crippen LogP contribution in [0.25, 0.3) is 0 Å². The van der Waals surface area contributed by atoms with E-state index >= 15 is 0 Å². The maximum atomic E-state index is 13.6. The van der Waals surface area contributed by atoms with Crippen LogP contribution in [0.15, 0.2) is 6.20 Å². The number of anilines is 1. The number of nitrogens with zero attached hydrogens (tertiary/aromatic N) is 4. The van der Waals surface area contributed by atoms with Crippen LogP contribution in [-0.2, 0) is 0 Å². The summed E-state index contributed by atoms with van der Waals surface area (Å²) in [5.41, 5.74) is 0. The van der Waals surface area contributed by atoms with Crippen LogP contribution >= 0.6 is 11.6 Å². The van der Waals surface area contributed by atoms with Gasteiger partial charge in [-0.3, -0.25) is 4.90 Å². The first-order chi connectivity index (χ1) is 9.97. The molecule has 0 bridgehead atoms. The summed E-state index contributed by atoms with van der Waals surface area (Å²) in [6, 6.07) is 0.340. The number of aromatic nitrogens is 2. The third-order valence-electron chi connectivity index (χ3n) is 3.97. The van der Waals surface area contributed by atoms with Gasteiger partial charge in [-0.05, 0) is 24.6 Å². The minimum Gasteiger partial charge on any atom is -0.366 e. The lowest BCUT2D eigenvalue weighted by Crippen LogP contribution is -2.52. The zero-order chi connectivity index (χ0) is 15.4. The number of piperazine rings is 1. The predicted molar refractivity (Wildman–Crippen MR) is 83.2 cm³/mol. The van der Waals surface area contributed by atoms with Gasteiger partial charge < -0.3 is 10.2 Å². The average molecular weight is 316 g/mol. The number of rotatable bonds is 5. The van der Waals surface area contributed by atoms with Crippen molar-refractivity contribution in [1.82, 2.24) is 19.8 Å². The van der Waals surface area contributed by atoms with Gasteiger partial charge in [0.15, 0.2) is 11.6 Å². The van der Waals surface area contributed by atoms with E-state index in [1.807, 2.05) is 0 Å². The van der Waals surface area contributed by atoms with Crippen molar-refractivity contribution in [3.05, 3.63) is 17.3 Å². The molecule has 1 fully saturated rings. The molecule has 0 saturated carbocycles. The van der Waals surface area contributed by atoms with Crippen LogP contribution in [0.4, 0.5) is 10.2 Å². The first-order valence-corrected chi connectivity index (χ1v) is 7.69. The summed E-state index contributed by atoms with van der Waals surface area (Å²) in [4.78, 5) is 12.3. The Balaban J connectivity index is 1.98. The standard InChI is InChI=1S/C14H23ClFN5/c1-10(2)12(21-6-4-20(3)5-7-21)9-17-13-11(16)8-18-14(15)19-13/h8,10,12H,4-7,9H2,1-3H3,(H,17,18,19). The maximum absolute atomic E-state index is 13.6. The van der Waals surface area contributed by atoms with Crippen molar-refractivity contribution in [3.63, 3.8) is 0 Å². The second-order valence-corrected chi connectivity index (χ2v) is 6.21. The van der Waals surface area contributed by atoms with Crippen LogP contribution in [0.3, 0.4) is 0 Å². The first kappa shape index (κ1) is 16.4. The molecule has 1 unspecified atom stereocenters. The van der Waals surface area contributed by atoms with Gasteiger partial charge in [-0.15, -0.1) is 0 Å². The fourth-order valence-electron chi connectivity index (χ4n) is 2.61. The smallest absolute Gasteiger partial charge is 0.224 e. The second-order valence-electron chi connectivity index (χ2n) is 5.87. The highest BCUT2D eigenvalue weighted by Gasteiger charge is 2.25. The van der Waals surface area contributed by atoms with Crippen LogP contribution in [-0.4, -0.2) is 65.6 Å². The van der Waals surface area contributed by atoms with Gasteiger partial charge in [0.2, 0.25) is 5.28 Å². The van der Waals surface area contributed by atoms with Crippen molar-refractivity contribution in [1.29, 1.82) is 0 Å². The molecule has 118 valence electrons. The molecule has 1 aliphatic heterocycles. The average Bonchev–Trinajstić information content (AvgIpc) is 2.44. The number of halogens is 2. The normalized spacial score (nSPS) is 19.0. The van der Waals surface area contributed by atoms with Gasteiger partial charge in [-0.1, -0.05) is 13.8 Å². The van der Waals surface area contributed by atoms with E-state index in [0.717, 1.165) is 32.4 Å². The molecular weight excluding hydrogens is 293 g/mol. The van der Waals surface area contributed by atoms with Crippen molar-refractivity contribution < 1.29 is 4.39 Å². The van der Waals surface area contributed by atoms with Gasteiger partial charge in [0.05, 0.1) is 6.20 Å². The third kappa shape index (κ3) is 4.49. The van der Waals surface area contributed by atoms with E-state index < -0.39 is 5.82 Å². The van der Waals surface area contributed by atoms with E-state index in [4.69, 9.17) is 11.6 Å². The van der Waals surface area contributed by atoms with Gasteiger partial charge in [0.1, 0.15) is 0 Å². The van der Waals surface area contributed by atoms with Crippen LogP contribution in [0.5, 0.6) is 0 Å². The van der Waals surface area contributed by atoms with Gasteiger partial charge in [-0.2, -0.15) is 4.98 Å². The second kappa shape index (κ2) is 7.33. The molecule has 2 rings (SSSR count). The van der Waals surface area contributed by atoms with Crippen molar-refractivity contribution in [2.45, 2.75) is 19.9 Å². The fraction of sp³-hybridized carbons (Fsp3) is 0.714. The van der Waals surface area contributed by atoms with Gasteiger partial charge in [-0.25, -0.2) is 9.37 Å². The Morgan fingerprint density at radius 1 is 1.33 bits per heavy atom. The molecular formula is C14H23ClFN5. The summed E-state index contributed by atoms with van der Waals surface area (Å²) in [5.74, 6) is 0.177. The molecule has 0 amide bonds. The molecule has 1 aliphatic rings. The molecule has 0 radical (unpaired) electrons. The fourth-order valence-corrected chi connectivity index (χ4v) is 2.74. The zero-order valence-corrected chi connectivity index (χ0v) is 13.6. The minimum atomic E-state index is -0.472. The lowest BCUT2D eigenvalue weighted by atomic mass is 10.0. The molecule has 0 aliphatic carbocycles. The third-order valence-corrected chi connectivity index (χ3v) is 4.15. The Hall–Kier alpha value is -0.980. The maximum Gasteiger partial charge on any atom is 0.224 e. The van der Waals surface area contributed by atoms with Gasteiger partial charge in [0, 0.05) is 38.8 Å². The van der Waals surface area contributed by atoms with Crippen molar-refractivity contribution in [3.8, 4) is 0 Å². The summed E-state index contributed by atoms with van der Waals surface area (Å²) in [6.07, 6.45) is 1.10. The van der Waals surface area contributed by atoms with E-state index in [1.165, 1.54) is 0 Å². The minimum absolute atomic E-state index is 0.0552. The van der Waals surface area contributed by atoms with E-state index in [-0.39, 0.29) is 11.1 Å². The first-order valence-electron chi connectivity index (χ1n) is 7.32. The summed E-state index contributed by atoms with van der Waals surface area (Å²) in [6.45, 7) is 9.23. The Labute approximate surface area is 130 Å². The summed E-state index contributed by atoms with van der Waals surface area (Å²) in [7, 11) is 2.14. The molecule has 1 saturated heterocycles. The molecule has 21 heavy (non-hydrogen) atoms. The van der Waals surface area contributed by atoms with E-state index in [0.29, 0.717) is 18.5 Å². The Morgan fingerprint density at radius 3 is 2.62 bits per heavy atom. The van der Waals surface area contributed by atoms with Crippen LogP contribution in [0, 0.1) is 11.7 Å². The molecule has 0 aromatic carbocycles. The quantitative estimate of drug-likeness (QED) is 0.842. The van der Waals surface area contributed by atoms with Crippen LogP contribution < -0.4 is 5.32 Å². The van der Waals surface area contributed by atoms with Gasteiger partial charge >= 0.3 is 0 Å². The van der Waals surface area contributed by atoms with E-state index in [1.54, 1.807) is 0 Å². The largest absolute Gasteiger partial charge is 0.366 e. The molecule has 5 nitrogen and oxygen atoms in total. The summed E-state index contributed by atoms with van der Waals surface area (Å²) >= 11 is 5.71. The lowest BCUT2D eigenvalue weighted by Gasteiger charge is -2.40. The number of likely N-dealkylation sites (N-methyl/N-ethyl adjacent to an activating group) is 1. The molecule has 7 heteroatoms. The van der Waals surface area contributed by atoms with Crippen LogP contribution in [0.2, 0.25) is 5.28 Å². The number of nitrogens with one attached hydrogen (secondary N) is 1. The predicted octanol–water partition coefficient (Wildman–Crippen LogP) is 1.95. The molecule has 1 N–H and O–H groups in total. The zero-order valence-electron chi connectivity index (χ0n) is 12.8. The summed E-state index contributed by atoms with van der Waals surface area (Å²) < 4.78 is 13.6. The summed E-state index contributed by atoms with van der Waals surface area (Å²) in [5, 5.41) is 3.13. The number of hydrogen-bond acceptors (Lipinski definition) is 5. The molecule has 1 aromatic rings.